The summed E-state index contributed by atoms with van der Waals surface area (Å²) in [5.41, 5.74) is 2.78. The Kier molecular flexibility index (Phi) is 4.61. The van der Waals surface area contributed by atoms with Crippen molar-refractivity contribution in [2.24, 2.45) is 0 Å². The van der Waals surface area contributed by atoms with Crippen molar-refractivity contribution in [3.63, 3.8) is 0 Å². The number of aromatic nitrogens is 1. The Labute approximate surface area is 114 Å². The molecular weight excluding hydrogens is 240 g/mol. The van der Waals surface area contributed by atoms with Crippen LogP contribution in [0.5, 0.6) is 0 Å². The van der Waals surface area contributed by atoms with E-state index in [9.17, 15) is 0 Å². The summed E-state index contributed by atoms with van der Waals surface area (Å²) in [6, 6.07) is 4.49. The van der Waals surface area contributed by atoms with Gasteiger partial charge in [0.2, 0.25) is 0 Å². The van der Waals surface area contributed by atoms with E-state index < -0.39 is 0 Å². The van der Waals surface area contributed by atoms with Crippen LogP contribution >= 0.6 is 11.3 Å². The highest BCUT2D eigenvalue weighted by atomic mass is 32.1. The second kappa shape index (κ2) is 6.21. The molecule has 2 nitrogen and oxygen atoms in total. The Balaban J connectivity index is 1.80. The number of hydrogen-bond acceptors (Lipinski definition) is 2. The Morgan fingerprint density at radius 3 is 2.78 bits per heavy atom. The van der Waals surface area contributed by atoms with E-state index >= 15 is 0 Å². The predicted octanol–water partition coefficient (Wildman–Crippen LogP) is 3.87. The first kappa shape index (κ1) is 13.4. The van der Waals surface area contributed by atoms with Gasteiger partial charge < -0.3 is 9.88 Å². The van der Waals surface area contributed by atoms with E-state index in [1.54, 1.807) is 0 Å². The van der Waals surface area contributed by atoms with Crippen molar-refractivity contribution in [1.29, 1.82) is 0 Å². The fourth-order valence-corrected chi connectivity index (χ4v) is 3.08. The van der Waals surface area contributed by atoms with Crippen molar-refractivity contribution in [1.82, 2.24) is 9.88 Å². The zero-order valence-corrected chi connectivity index (χ0v) is 12.3. The van der Waals surface area contributed by atoms with E-state index in [4.69, 9.17) is 0 Å². The number of aryl methyl sites for hydroxylation is 3. The van der Waals surface area contributed by atoms with Crippen LogP contribution in [0.15, 0.2) is 24.5 Å². The standard InChI is InChI=1S/C15H22N2S/c1-4-6-17-7-5-14(11-17)9-16-10-15-8-12(2)13(3)18-15/h5,7-8,11,16H,4,6,9-10H2,1-3H3. The van der Waals surface area contributed by atoms with Crippen LogP contribution in [0.4, 0.5) is 0 Å². The van der Waals surface area contributed by atoms with Gasteiger partial charge in [0.25, 0.3) is 0 Å². The zero-order chi connectivity index (χ0) is 13.0. The quantitative estimate of drug-likeness (QED) is 0.836. The molecule has 0 aliphatic rings. The molecule has 0 aromatic carbocycles. The van der Waals surface area contributed by atoms with Crippen LogP contribution in [0.2, 0.25) is 0 Å². The Hall–Kier alpha value is -1.06. The molecule has 98 valence electrons. The highest BCUT2D eigenvalue weighted by Crippen LogP contribution is 2.20. The smallest absolute Gasteiger partial charge is 0.0303 e. The number of thiophene rings is 1. The molecule has 0 saturated carbocycles. The van der Waals surface area contributed by atoms with Crippen molar-refractivity contribution in [2.45, 2.75) is 46.8 Å². The Bertz CT molecular complexity index is 477. The van der Waals surface area contributed by atoms with Crippen LogP contribution in [0.1, 0.15) is 34.2 Å². The van der Waals surface area contributed by atoms with E-state index in [2.05, 4.69) is 55.2 Å². The minimum absolute atomic E-state index is 0.951. The van der Waals surface area contributed by atoms with Gasteiger partial charge in [-0.15, -0.1) is 11.3 Å². The maximum absolute atomic E-state index is 3.51. The zero-order valence-electron chi connectivity index (χ0n) is 11.5. The van der Waals surface area contributed by atoms with Gasteiger partial charge in [-0.1, -0.05) is 6.92 Å². The minimum Gasteiger partial charge on any atom is -0.354 e. The van der Waals surface area contributed by atoms with Gasteiger partial charge in [-0.05, 0) is 43.5 Å². The molecule has 0 spiro atoms. The van der Waals surface area contributed by atoms with E-state index in [-0.39, 0.29) is 0 Å². The predicted molar refractivity (Wildman–Crippen MR) is 79.1 cm³/mol. The molecule has 0 radical (unpaired) electrons. The second-order valence-corrected chi connectivity index (χ2v) is 6.15. The van der Waals surface area contributed by atoms with Crippen LogP contribution in [-0.2, 0) is 19.6 Å². The average Bonchev–Trinajstić information content (AvgIpc) is 2.88. The van der Waals surface area contributed by atoms with Gasteiger partial charge in [-0.25, -0.2) is 0 Å². The molecule has 2 rings (SSSR count). The van der Waals surface area contributed by atoms with Crippen LogP contribution in [-0.4, -0.2) is 4.57 Å². The molecule has 0 atom stereocenters. The van der Waals surface area contributed by atoms with E-state index in [0.717, 1.165) is 19.6 Å². The Morgan fingerprint density at radius 2 is 2.11 bits per heavy atom. The largest absolute Gasteiger partial charge is 0.354 e. The van der Waals surface area contributed by atoms with Crippen LogP contribution in [0, 0.1) is 13.8 Å². The summed E-state index contributed by atoms with van der Waals surface area (Å²) in [5, 5.41) is 3.51. The lowest BCUT2D eigenvalue weighted by atomic mass is 10.3. The normalized spacial score (nSPS) is 11.1. The van der Waals surface area contributed by atoms with Gasteiger partial charge in [-0.2, -0.15) is 0 Å². The third-order valence-corrected chi connectivity index (χ3v) is 4.29. The van der Waals surface area contributed by atoms with Gasteiger partial charge in [0.1, 0.15) is 0 Å². The van der Waals surface area contributed by atoms with Crippen molar-refractivity contribution in [3.05, 3.63) is 45.4 Å². The molecule has 3 heteroatoms. The summed E-state index contributed by atoms with van der Waals surface area (Å²) in [7, 11) is 0. The number of nitrogens with zero attached hydrogens (tertiary/aromatic N) is 1. The first-order chi connectivity index (χ1) is 8.69. The molecule has 0 fully saturated rings. The first-order valence-corrected chi connectivity index (χ1v) is 7.42. The molecule has 0 aliphatic heterocycles. The van der Waals surface area contributed by atoms with Crippen LogP contribution in [0.25, 0.3) is 0 Å². The molecule has 0 bridgehead atoms. The maximum atomic E-state index is 3.51. The molecule has 1 N–H and O–H groups in total. The molecule has 0 amide bonds. The van der Waals surface area contributed by atoms with Crippen LogP contribution < -0.4 is 5.32 Å². The third kappa shape index (κ3) is 3.47. The fourth-order valence-electron chi connectivity index (χ4n) is 2.06. The fraction of sp³-hybridized carbons (Fsp3) is 0.467. The van der Waals surface area contributed by atoms with Gasteiger partial charge in [0, 0.05) is 41.8 Å². The third-order valence-electron chi connectivity index (χ3n) is 3.14. The van der Waals surface area contributed by atoms with Gasteiger partial charge in [-0.3, -0.25) is 0 Å². The lowest BCUT2D eigenvalue weighted by Gasteiger charge is -2.01. The van der Waals surface area contributed by atoms with E-state index in [1.165, 1.54) is 27.3 Å². The lowest BCUT2D eigenvalue weighted by Crippen LogP contribution is -2.11. The summed E-state index contributed by atoms with van der Waals surface area (Å²) < 4.78 is 2.26. The van der Waals surface area contributed by atoms with Gasteiger partial charge in [0.05, 0.1) is 0 Å². The van der Waals surface area contributed by atoms with Crippen LogP contribution in [0.3, 0.4) is 0 Å². The van der Waals surface area contributed by atoms with Crippen molar-refractivity contribution < 1.29 is 0 Å². The van der Waals surface area contributed by atoms with E-state index in [1.807, 2.05) is 11.3 Å². The monoisotopic (exact) mass is 262 g/mol. The summed E-state index contributed by atoms with van der Waals surface area (Å²) in [6.45, 7) is 9.61. The molecule has 2 heterocycles. The second-order valence-electron chi connectivity index (χ2n) is 4.81. The molecule has 2 aromatic heterocycles. The summed E-state index contributed by atoms with van der Waals surface area (Å²) >= 11 is 1.90. The lowest BCUT2D eigenvalue weighted by molar-refractivity contribution is 0.670. The summed E-state index contributed by atoms with van der Waals surface area (Å²) in [4.78, 5) is 2.86. The number of nitrogens with one attached hydrogen (secondary N) is 1. The number of hydrogen-bond donors (Lipinski definition) is 1. The number of rotatable bonds is 6. The highest BCUT2D eigenvalue weighted by molar-refractivity contribution is 7.12. The van der Waals surface area contributed by atoms with Gasteiger partial charge in [0.15, 0.2) is 0 Å². The van der Waals surface area contributed by atoms with E-state index in [0.29, 0.717) is 0 Å². The first-order valence-electron chi connectivity index (χ1n) is 6.60. The Morgan fingerprint density at radius 1 is 1.28 bits per heavy atom. The van der Waals surface area contributed by atoms with Gasteiger partial charge >= 0.3 is 0 Å². The summed E-state index contributed by atoms with van der Waals surface area (Å²) in [6.07, 6.45) is 5.59. The minimum atomic E-state index is 0.951. The molecule has 0 unspecified atom stereocenters. The molecule has 2 aromatic rings. The SMILES string of the molecule is CCCn1ccc(CNCc2cc(C)c(C)s2)c1. The van der Waals surface area contributed by atoms with Crippen molar-refractivity contribution >= 4 is 11.3 Å². The maximum Gasteiger partial charge on any atom is 0.0303 e. The molecule has 0 aliphatic carbocycles. The topological polar surface area (TPSA) is 17.0 Å². The average molecular weight is 262 g/mol. The molecular formula is C15H22N2S. The van der Waals surface area contributed by atoms with Crippen molar-refractivity contribution in [3.8, 4) is 0 Å². The molecule has 18 heavy (non-hydrogen) atoms. The van der Waals surface area contributed by atoms with Crippen molar-refractivity contribution in [2.75, 3.05) is 0 Å². The highest BCUT2D eigenvalue weighted by Gasteiger charge is 2.01. The summed E-state index contributed by atoms with van der Waals surface area (Å²) in [5.74, 6) is 0. The molecule has 0 saturated heterocycles.